The predicted octanol–water partition coefficient (Wildman–Crippen LogP) is 5.27. The van der Waals surface area contributed by atoms with Crippen LogP contribution in [0.25, 0.3) is 0 Å². The van der Waals surface area contributed by atoms with Crippen LogP contribution in [-0.4, -0.2) is 30.3 Å². The van der Waals surface area contributed by atoms with E-state index >= 15 is 0 Å². The van der Waals surface area contributed by atoms with E-state index in [9.17, 15) is 9.36 Å². The summed E-state index contributed by atoms with van der Waals surface area (Å²) in [5.41, 5.74) is 0.719. The molecule has 2 aromatic rings. The maximum absolute atomic E-state index is 13.7. The van der Waals surface area contributed by atoms with Gasteiger partial charge in [-0.2, -0.15) is 0 Å². The second kappa shape index (κ2) is 10.2. The van der Waals surface area contributed by atoms with Gasteiger partial charge in [-0.05, 0) is 26.0 Å². The van der Waals surface area contributed by atoms with Crippen molar-refractivity contribution in [1.82, 2.24) is 4.67 Å². The van der Waals surface area contributed by atoms with Crippen molar-refractivity contribution < 1.29 is 18.4 Å². The van der Waals surface area contributed by atoms with Crippen LogP contribution in [0, 0.1) is 0 Å². The average Bonchev–Trinajstić information content (AvgIpc) is 2.76. The molecule has 1 amide bonds. The summed E-state index contributed by atoms with van der Waals surface area (Å²) in [5, 5.41) is 1.02. The van der Waals surface area contributed by atoms with Gasteiger partial charge in [-0.1, -0.05) is 54.6 Å². The number of para-hydroxylation sites is 1. The summed E-state index contributed by atoms with van der Waals surface area (Å²) in [6.07, 6.45) is 3.39. The molecule has 158 valence electrons. The fraction of sp³-hybridized carbons (Fsp3) is 0.227. The number of rotatable bonds is 9. The Kier molecular flexibility index (Phi) is 7.63. The van der Waals surface area contributed by atoms with Gasteiger partial charge in [0, 0.05) is 23.7 Å². The van der Waals surface area contributed by atoms with Crippen LogP contribution in [0.4, 0.5) is 5.69 Å². The van der Waals surface area contributed by atoms with Gasteiger partial charge in [0.1, 0.15) is 13.5 Å². The number of carbonyl (C=O) groups excluding carboxylic acids is 1. The molecule has 6 nitrogen and oxygen atoms in total. The summed E-state index contributed by atoms with van der Waals surface area (Å²) >= 11 is 0. The lowest BCUT2D eigenvalue weighted by atomic mass is 10.3. The Morgan fingerprint density at radius 2 is 1.57 bits per heavy atom. The van der Waals surface area contributed by atoms with Crippen molar-refractivity contribution in [3.63, 3.8) is 0 Å². The molecule has 1 aliphatic heterocycles. The van der Waals surface area contributed by atoms with Crippen LogP contribution in [0.2, 0.25) is 0 Å². The molecule has 0 radical (unpaired) electrons. The Morgan fingerprint density at radius 3 is 2.10 bits per heavy atom. The quantitative estimate of drug-likeness (QED) is 0.390. The molecule has 0 N–H and O–H groups in total. The second-order valence-corrected chi connectivity index (χ2v) is 10.3. The number of amides is 1. The Bertz CT molecular complexity index is 940. The molecule has 0 fully saturated rings. The molecular weight excluding hydrogens is 418 g/mol. The largest absolute Gasteiger partial charge is 0.368 e. The van der Waals surface area contributed by atoms with Crippen LogP contribution in [-0.2, 0) is 18.4 Å². The summed E-state index contributed by atoms with van der Waals surface area (Å²) in [4.78, 5) is 13.7. The maximum atomic E-state index is 13.7. The van der Waals surface area contributed by atoms with E-state index in [-0.39, 0.29) is 24.4 Å². The van der Waals surface area contributed by atoms with Crippen molar-refractivity contribution in [3.8, 4) is 0 Å². The average molecular weight is 444 g/mol. The molecule has 0 aliphatic carbocycles. The molecule has 0 aromatic heterocycles. The molecule has 8 heteroatoms. The first-order chi connectivity index (χ1) is 14.6. The van der Waals surface area contributed by atoms with Crippen LogP contribution in [0.3, 0.4) is 0 Å². The molecule has 0 saturated carbocycles. The molecule has 3 rings (SSSR count). The van der Waals surface area contributed by atoms with Gasteiger partial charge in [0.2, 0.25) is 0 Å². The third-order valence-corrected chi connectivity index (χ3v) is 8.72. The highest BCUT2D eigenvalue weighted by Gasteiger charge is 2.45. The molecule has 1 atom stereocenters. The minimum absolute atomic E-state index is 0.0339. The normalized spacial score (nSPS) is 17.1. The van der Waals surface area contributed by atoms with Crippen molar-refractivity contribution in [2.24, 2.45) is 0 Å². The van der Waals surface area contributed by atoms with E-state index in [4.69, 9.17) is 9.05 Å². The fourth-order valence-electron chi connectivity index (χ4n) is 3.15. The minimum atomic E-state index is -3.78. The highest BCUT2D eigenvalue weighted by atomic mass is 31.2. The number of nitrogens with zero attached hydrogens (tertiary/aromatic N) is 2. The first-order valence-corrected chi connectivity index (χ1v) is 12.6. The highest BCUT2D eigenvalue weighted by molar-refractivity contribution is 7.67. The van der Waals surface area contributed by atoms with Gasteiger partial charge in [0.25, 0.3) is 5.91 Å². The van der Waals surface area contributed by atoms with E-state index < -0.39 is 15.8 Å². The molecule has 0 saturated heterocycles. The third kappa shape index (κ3) is 4.58. The first-order valence-electron chi connectivity index (χ1n) is 9.79. The summed E-state index contributed by atoms with van der Waals surface area (Å²) in [6.45, 7) is 8.13. The Labute approximate surface area is 179 Å². The molecule has 2 aromatic carbocycles. The van der Waals surface area contributed by atoms with Crippen LogP contribution in [0.5, 0.6) is 0 Å². The summed E-state index contributed by atoms with van der Waals surface area (Å²) in [7, 11) is -5.05. The molecular formula is C22H26N2O4P2. The monoisotopic (exact) mass is 444 g/mol. The molecule has 1 heterocycles. The number of carbonyl (C=O) groups is 1. The second-order valence-electron chi connectivity index (χ2n) is 6.34. The van der Waals surface area contributed by atoms with E-state index in [2.05, 4.69) is 6.58 Å². The smallest absolute Gasteiger partial charge is 0.331 e. The van der Waals surface area contributed by atoms with Crippen LogP contribution in [0.15, 0.2) is 84.8 Å². The topological polar surface area (TPSA) is 59.1 Å². The minimum Gasteiger partial charge on any atom is -0.331 e. The predicted molar refractivity (Wildman–Crippen MR) is 123 cm³/mol. The zero-order valence-corrected chi connectivity index (χ0v) is 19.0. The van der Waals surface area contributed by atoms with Gasteiger partial charge in [0.15, 0.2) is 0 Å². The van der Waals surface area contributed by atoms with Gasteiger partial charge in [-0.15, -0.1) is 6.58 Å². The van der Waals surface area contributed by atoms with E-state index in [0.29, 0.717) is 6.54 Å². The lowest BCUT2D eigenvalue weighted by Crippen LogP contribution is -2.41. The molecule has 30 heavy (non-hydrogen) atoms. The Balaban J connectivity index is 2.21. The SMILES string of the molecule is C=CCN1C=C(P(=O)(OCC)OCC)C(=O)N(c2ccccc2)P1c1ccccc1. The molecule has 0 spiro atoms. The molecule has 1 aliphatic rings. The van der Waals surface area contributed by atoms with Crippen LogP contribution >= 0.6 is 15.8 Å². The van der Waals surface area contributed by atoms with Crippen molar-refractivity contribution in [2.45, 2.75) is 13.8 Å². The van der Waals surface area contributed by atoms with Crippen LogP contribution < -0.4 is 9.97 Å². The zero-order valence-electron chi connectivity index (χ0n) is 17.2. The van der Waals surface area contributed by atoms with Gasteiger partial charge in [0.05, 0.1) is 13.2 Å². The van der Waals surface area contributed by atoms with Gasteiger partial charge in [-0.25, -0.2) is 0 Å². The summed E-state index contributed by atoms with van der Waals surface area (Å²) in [5.74, 6) is -0.373. The van der Waals surface area contributed by atoms with E-state index in [1.54, 1.807) is 30.8 Å². The summed E-state index contributed by atoms with van der Waals surface area (Å²) in [6, 6.07) is 19.2. The van der Waals surface area contributed by atoms with Gasteiger partial charge < -0.3 is 13.7 Å². The van der Waals surface area contributed by atoms with Crippen LogP contribution in [0.1, 0.15) is 13.8 Å². The third-order valence-electron chi connectivity index (χ3n) is 4.31. The van der Waals surface area contributed by atoms with E-state index in [1.807, 2.05) is 65.3 Å². The van der Waals surface area contributed by atoms with Crippen molar-refractivity contribution in [3.05, 3.63) is 84.8 Å². The number of hydrogen-bond donors (Lipinski definition) is 0. The van der Waals surface area contributed by atoms with E-state index in [0.717, 1.165) is 11.0 Å². The molecule has 0 bridgehead atoms. The number of anilines is 1. The number of hydrogen-bond acceptors (Lipinski definition) is 5. The van der Waals surface area contributed by atoms with E-state index in [1.165, 1.54) is 0 Å². The lowest BCUT2D eigenvalue weighted by Gasteiger charge is -2.43. The maximum Gasteiger partial charge on any atom is 0.368 e. The summed E-state index contributed by atoms with van der Waals surface area (Å²) < 4.78 is 28.2. The van der Waals surface area contributed by atoms with Gasteiger partial charge in [-0.3, -0.25) is 14.0 Å². The van der Waals surface area contributed by atoms with Crippen molar-refractivity contribution in [1.29, 1.82) is 0 Å². The van der Waals surface area contributed by atoms with Crippen molar-refractivity contribution >= 4 is 32.7 Å². The number of benzene rings is 2. The first kappa shape index (κ1) is 22.5. The standard InChI is InChI=1S/C22H26N2O4P2/c1-4-17-23-18-21(30(26,27-5-2)28-6-3)22(25)24(19-13-9-7-10-14-19)29(23)20-15-11-8-12-16-20/h4,7-16,18H,1,5-6,17H2,2-3H3. The zero-order chi connectivity index (χ0) is 21.6. The fourth-order valence-corrected chi connectivity index (χ4v) is 7.29. The highest BCUT2D eigenvalue weighted by Crippen LogP contribution is 2.62. The Morgan fingerprint density at radius 1 is 1.00 bits per heavy atom. The lowest BCUT2D eigenvalue weighted by molar-refractivity contribution is -0.113. The van der Waals surface area contributed by atoms with Gasteiger partial charge >= 0.3 is 7.60 Å². The molecule has 1 unspecified atom stereocenters. The Hall–Kier alpha value is -2.23. The van der Waals surface area contributed by atoms with Crippen molar-refractivity contribution in [2.75, 3.05) is 24.4 Å².